The van der Waals surface area contributed by atoms with E-state index in [1.165, 1.54) is 0 Å². The third kappa shape index (κ3) is 5.47. The van der Waals surface area contributed by atoms with Crippen LogP contribution in [0.5, 0.6) is 0 Å². The van der Waals surface area contributed by atoms with Crippen molar-refractivity contribution in [2.75, 3.05) is 26.7 Å². The molecule has 1 aromatic rings. The summed E-state index contributed by atoms with van der Waals surface area (Å²) in [6.45, 7) is 2.13. The molecule has 0 aromatic heterocycles. The molecule has 0 aliphatic rings. The van der Waals surface area contributed by atoms with Crippen molar-refractivity contribution in [2.45, 2.75) is 13.0 Å². The van der Waals surface area contributed by atoms with E-state index in [-0.39, 0.29) is 5.91 Å². The summed E-state index contributed by atoms with van der Waals surface area (Å²) in [5.41, 5.74) is 6.46. The predicted molar refractivity (Wildman–Crippen MR) is 67.4 cm³/mol. The Morgan fingerprint density at radius 2 is 2.06 bits per heavy atom. The average molecular weight is 236 g/mol. The summed E-state index contributed by atoms with van der Waals surface area (Å²) < 4.78 is 5.49. The molecule has 2 N–H and O–H groups in total. The molecule has 17 heavy (non-hydrogen) atoms. The molecule has 1 amide bonds. The summed E-state index contributed by atoms with van der Waals surface area (Å²) >= 11 is 0. The van der Waals surface area contributed by atoms with Gasteiger partial charge in [0.25, 0.3) is 0 Å². The first-order chi connectivity index (χ1) is 8.24. The van der Waals surface area contributed by atoms with Crippen molar-refractivity contribution >= 4 is 5.91 Å². The van der Waals surface area contributed by atoms with Crippen molar-refractivity contribution in [2.24, 2.45) is 5.73 Å². The zero-order valence-electron chi connectivity index (χ0n) is 10.3. The predicted octanol–water partition coefficient (Wildman–Crippen LogP) is 1.01. The molecule has 0 bridgehead atoms. The molecule has 94 valence electrons. The summed E-state index contributed by atoms with van der Waals surface area (Å²) in [7, 11) is 1.77. The van der Waals surface area contributed by atoms with Crippen LogP contribution in [-0.2, 0) is 16.1 Å². The van der Waals surface area contributed by atoms with E-state index in [4.69, 9.17) is 10.5 Å². The number of carbonyl (C=O) groups excluding carboxylic acids is 1. The second-order valence-electron chi connectivity index (χ2n) is 3.89. The maximum atomic E-state index is 11.4. The van der Waals surface area contributed by atoms with E-state index in [2.05, 4.69) is 0 Å². The monoisotopic (exact) mass is 236 g/mol. The number of ether oxygens (including phenoxy) is 1. The Labute approximate surface area is 102 Å². The Bertz CT molecular complexity index is 327. The van der Waals surface area contributed by atoms with Gasteiger partial charge in [0.05, 0.1) is 13.2 Å². The second kappa shape index (κ2) is 7.81. The van der Waals surface area contributed by atoms with E-state index in [1.54, 1.807) is 11.9 Å². The fourth-order valence-electron chi connectivity index (χ4n) is 1.40. The van der Waals surface area contributed by atoms with Gasteiger partial charge in [0.1, 0.15) is 0 Å². The van der Waals surface area contributed by atoms with Gasteiger partial charge in [-0.25, -0.2) is 0 Å². The van der Waals surface area contributed by atoms with Gasteiger partial charge < -0.3 is 15.4 Å². The Kier molecular flexibility index (Phi) is 6.29. The minimum absolute atomic E-state index is 0.0656. The highest BCUT2D eigenvalue weighted by Gasteiger charge is 2.06. The molecule has 0 heterocycles. The quantitative estimate of drug-likeness (QED) is 0.719. The first kappa shape index (κ1) is 13.7. The van der Waals surface area contributed by atoms with Crippen LogP contribution in [-0.4, -0.2) is 37.6 Å². The third-order valence-electron chi connectivity index (χ3n) is 2.47. The van der Waals surface area contributed by atoms with E-state index in [0.717, 1.165) is 5.56 Å². The summed E-state index contributed by atoms with van der Waals surface area (Å²) in [6.07, 6.45) is 0.398. The molecular formula is C13H20N2O2. The van der Waals surface area contributed by atoms with E-state index >= 15 is 0 Å². The molecule has 1 rings (SSSR count). The van der Waals surface area contributed by atoms with Gasteiger partial charge in [-0.2, -0.15) is 0 Å². The number of rotatable bonds is 7. The van der Waals surface area contributed by atoms with Crippen molar-refractivity contribution in [3.8, 4) is 0 Å². The Morgan fingerprint density at radius 3 is 2.71 bits per heavy atom. The first-order valence-electron chi connectivity index (χ1n) is 5.79. The van der Waals surface area contributed by atoms with Crippen molar-refractivity contribution in [1.29, 1.82) is 0 Å². The highest BCUT2D eigenvalue weighted by Crippen LogP contribution is 2.00. The molecule has 0 saturated carbocycles. The summed E-state index contributed by atoms with van der Waals surface area (Å²) in [6, 6.07) is 9.97. The number of benzene rings is 1. The smallest absolute Gasteiger partial charge is 0.223 e. The van der Waals surface area contributed by atoms with E-state index < -0.39 is 0 Å². The van der Waals surface area contributed by atoms with E-state index in [9.17, 15) is 4.79 Å². The van der Waals surface area contributed by atoms with Gasteiger partial charge in [0, 0.05) is 26.6 Å². The normalized spacial score (nSPS) is 10.2. The number of amides is 1. The van der Waals surface area contributed by atoms with Crippen molar-refractivity contribution in [3.63, 3.8) is 0 Å². The van der Waals surface area contributed by atoms with Crippen LogP contribution in [0.15, 0.2) is 30.3 Å². The fourth-order valence-corrected chi connectivity index (χ4v) is 1.40. The lowest BCUT2D eigenvalue weighted by Gasteiger charge is -2.16. The van der Waals surface area contributed by atoms with Crippen LogP contribution in [0.25, 0.3) is 0 Å². The van der Waals surface area contributed by atoms with Crippen molar-refractivity contribution in [3.05, 3.63) is 35.9 Å². The molecule has 0 radical (unpaired) electrons. The zero-order valence-corrected chi connectivity index (χ0v) is 10.3. The van der Waals surface area contributed by atoms with Gasteiger partial charge in [-0.3, -0.25) is 4.79 Å². The second-order valence-corrected chi connectivity index (χ2v) is 3.89. The molecule has 4 nitrogen and oxygen atoms in total. The van der Waals surface area contributed by atoms with Crippen LogP contribution in [0.2, 0.25) is 0 Å². The van der Waals surface area contributed by atoms with Crippen LogP contribution in [0.3, 0.4) is 0 Å². The third-order valence-corrected chi connectivity index (χ3v) is 2.47. The van der Waals surface area contributed by atoms with Crippen LogP contribution >= 0.6 is 0 Å². The minimum atomic E-state index is 0.0656. The number of nitrogens with two attached hydrogens (primary N) is 1. The topological polar surface area (TPSA) is 55.6 Å². The van der Waals surface area contributed by atoms with Gasteiger partial charge in [-0.1, -0.05) is 30.3 Å². The summed E-state index contributed by atoms with van der Waals surface area (Å²) in [4.78, 5) is 13.0. The van der Waals surface area contributed by atoms with Crippen LogP contribution in [0.4, 0.5) is 0 Å². The zero-order chi connectivity index (χ0) is 12.5. The lowest BCUT2D eigenvalue weighted by atomic mass is 10.2. The standard InChI is InChI=1S/C13H20N2O2/c1-15(13(16)7-8-14)9-10-17-11-12-5-3-2-4-6-12/h2-6H,7-11,14H2,1H3. The number of hydrogen-bond acceptors (Lipinski definition) is 3. The lowest BCUT2D eigenvalue weighted by molar-refractivity contribution is -0.130. The molecule has 0 unspecified atom stereocenters. The van der Waals surface area contributed by atoms with E-state index in [1.807, 2.05) is 30.3 Å². The molecule has 0 aliphatic carbocycles. The Morgan fingerprint density at radius 1 is 1.35 bits per heavy atom. The molecule has 0 fully saturated rings. The van der Waals surface area contributed by atoms with Gasteiger partial charge in [0.15, 0.2) is 0 Å². The number of likely N-dealkylation sites (N-methyl/N-ethyl adjacent to an activating group) is 1. The summed E-state index contributed by atoms with van der Waals surface area (Å²) in [5, 5.41) is 0. The number of nitrogens with zero attached hydrogens (tertiary/aromatic N) is 1. The molecule has 0 aliphatic heterocycles. The minimum Gasteiger partial charge on any atom is -0.375 e. The van der Waals surface area contributed by atoms with E-state index in [0.29, 0.717) is 32.7 Å². The molecule has 1 aromatic carbocycles. The van der Waals surface area contributed by atoms with Gasteiger partial charge in [-0.15, -0.1) is 0 Å². The van der Waals surface area contributed by atoms with Gasteiger partial charge >= 0.3 is 0 Å². The van der Waals surface area contributed by atoms with Crippen LogP contribution in [0, 0.1) is 0 Å². The maximum absolute atomic E-state index is 11.4. The molecule has 0 spiro atoms. The highest BCUT2D eigenvalue weighted by molar-refractivity contribution is 5.75. The lowest BCUT2D eigenvalue weighted by Crippen LogP contribution is -2.31. The Balaban J connectivity index is 2.14. The van der Waals surface area contributed by atoms with Gasteiger partial charge in [-0.05, 0) is 5.56 Å². The molecular weight excluding hydrogens is 216 g/mol. The van der Waals surface area contributed by atoms with Crippen LogP contribution < -0.4 is 5.73 Å². The first-order valence-corrected chi connectivity index (χ1v) is 5.79. The molecule has 0 atom stereocenters. The van der Waals surface area contributed by atoms with Crippen LogP contribution in [0.1, 0.15) is 12.0 Å². The molecule has 0 saturated heterocycles. The fraction of sp³-hybridized carbons (Fsp3) is 0.462. The largest absolute Gasteiger partial charge is 0.375 e. The van der Waals surface area contributed by atoms with Crippen molar-refractivity contribution < 1.29 is 9.53 Å². The highest BCUT2D eigenvalue weighted by atomic mass is 16.5. The number of carbonyl (C=O) groups is 1. The summed E-state index contributed by atoms with van der Waals surface area (Å²) in [5.74, 6) is 0.0656. The van der Waals surface area contributed by atoms with Crippen molar-refractivity contribution in [1.82, 2.24) is 4.90 Å². The average Bonchev–Trinajstić information content (AvgIpc) is 2.36. The molecule has 4 heteroatoms. The number of hydrogen-bond donors (Lipinski definition) is 1. The maximum Gasteiger partial charge on any atom is 0.223 e. The Hall–Kier alpha value is -1.39. The van der Waals surface area contributed by atoms with Gasteiger partial charge in [0.2, 0.25) is 5.91 Å². The SMILES string of the molecule is CN(CCOCc1ccccc1)C(=O)CCN.